The van der Waals surface area contributed by atoms with Crippen molar-refractivity contribution >= 4 is 15.9 Å². The van der Waals surface area contributed by atoms with Crippen LogP contribution in [0.15, 0.2) is 46.9 Å². The molecule has 1 unspecified atom stereocenters. The van der Waals surface area contributed by atoms with Crippen LogP contribution in [0.1, 0.15) is 28.4 Å². The molecule has 0 aromatic heterocycles. The van der Waals surface area contributed by atoms with Crippen LogP contribution in [0, 0.1) is 6.92 Å². The zero-order valence-corrected chi connectivity index (χ0v) is 13.4. The molecule has 1 N–H and O–H groups in total. The number of methoxy groups -OCH3 is 1. The Hall–Kier alpha value is -1.16. The van der Waals surface area contributed by atoms with E-state index in [1.54, 1.807) is 7.11 Å². The molecule has 0 fully saturated rings. The van der Waals surface area contributed by atoms with Crippen molar-refractivity contribution < 1.29 is 9.84 Å². The summed E-state index contributed by atoms with van der Waals surface area (Å²) in [4.78, 5) is 0. The fraction of sp³-hybridized carbons (Fsp3) is 0.294. The molecule has 2 nitrogen and oxygen atoms in total. The fourth-order valence-electron chi connectivity index (χ4n) is 2.14. The van der Waals surface area contributed by atoms with Gasteiger partial charge in [0.2, 0.25) is 0 Å². The van der Waals surface area contributed by atoms with Gasteiger partial charge in [-0.3, -0.25) is 0 Å². The third kappa shape index (κ3) is 3.69. The van der Waals surface area contributed by atoms with E-state index in [1.807, 2.05) is 49.4 Å². The molecule has 2 rings (SSSR count). The number of hydrogen-bond acceptors (Lipinski definition) is 2. The highest BCUT2D eigenvalue weighted by atomic mass is 79.9. The van der Waals surface area contributed by atoms with Gasteiger partial charge in [0.25, 0.3) is 0 Å². The number of benzene rings is 2. The molecule has 106 valence electrons. The molecular formula is C17H19BrO2. The summed E-state index contributed by atoms with van der Waals surface area (Å²) in [7, 11) is 1.70. The van der Waals surface area contributed by atoms with Crippen molar-refractivity contribution in [2.24, 2.45) is 0 Å². The van der Waals surface area contributed by atoms with E-state index in [4.69, 9.17) is 4.74 Å². The molecule has 0 bridgehead atoms. The first-order valence-electron chi connectivity index (χ1n) is 6.63. The molecule has 20 heavy (non-hydrogen) atoms. The standard InChI is InChI=1S/C17H19BrO2/c1-12-3-8-16(18)15(11-12)17(19)14-6-4-13(5-7-14)9-10-20-2/h3-8,11,17,19H,9-10H2,1-2H3. The molecule has 2 aromatic carbocycles. The van der Waals surface area contributed by atoms with E-state index in [1.165, 1.54) is 5.56 Å². The van der Waals surface area contributed by atoms with Crippen molar-refractivity contribution in [1.29, 1.82) is 0 Å². The second-order valence-corrected chi connectivity index (χ2v) is 5.77. The van der Waals surface area contributed by atoms with Crippen LogP contribution < -0.4 is 0 Å². The minimum absolute atomic E-state index is 0.610. The molecular weight excluding hydrogens is 316 g/mol. The van der Waals surface area contributed by atoms with Gasteiger partial charge in [-0.2, -0.15) is 0 Å². The quantitative estimate of drug-likeness (QED) is 0.894. The van der Waals surface area contributed by atoms with Crippen molar-refractivity contribution in [3.8, 4) is 0 Å². The van der Waals surface area contributed by atoms with E-state index < -0.39 is 6.10 Å². The SMILES string of the molecule is COCCc1ccc(C(O)c2cc(C)ccc2Br)cc1. The normalized spacial score (nSPS) is 12.4. The van der Waals surface area contributed by atoms with Crippen LogP contribution in [0.25, 0.3) is 0 Å². The number of halogens is 1. The van der Waals surface area contributed by atoms with Gasteiger partial charge >= 0.3 is 0 Å². The molecule has 0 aliphatic carbocycles. The highest BCUT2D eigenvalue weighted by Gasteiger charge is 2.13. The lowest BCUT2D eigenvalue weighted by Crippen LogP contribution is -2.02. The summed E-state index contributed by atoms with van der Waals surface area (Å²) < 4.78 is 6.00. The van der Waals surface area contributed by atoms with Crippen molar-refractivity contribution in [3.63, 3.8) is 0 Å². The summed E-state index contributed by atoms with van der Waals surface area (Å²) in [6, 6.07) is 14.0. The summed E-state index contributed by atoms with van der Waals surface area (Å²) in [6.07, 6.45) is 0.279. The van der Waals surface area contributed by atoms with E-state index >= 15 is 0 Å². The second-order valence-electron chi connectivity index (χ2n) is 4.91. The largest absolute Gasteiger partial charge is 0.384 e. The number of ether oxygens (including phenoxy) is 1. The van der Waals surface area contributed by atoms with E-state index in [9.17, 15) is 5.11 Å². The highest BCUT2D eigenvalue weighted by molar-refractivity contribution is 9.10. The summed E-state index contributed by atoms with van der Waals surface area (Å²) in [5.41, 5.74) is 4.15. The lowest BCUT2D eigenvalue weighted by Gasteiger charge is -2.14. The third-order valence-corrected chi connectivity index (χ3v) is 4.06. The Labute approximate surface area is 128 Å². The van der Waals surface area contributed by atoms with E-state index in [0.29, 0.717) is 6.61 Å². The van der Waals surface area contributed by atoms with Gasteiger partial charge in [-0.15, -0.1) is 0 Å². The Morgan fingerprint density at radius 3 is 2.50 bits per heavy atom. The number of aliphatic hydroxyl groups is 1. The maximum absolute atomic E-state index is 10.5. The minimum Gasteiger partial charge on any atom is -0.384 e. The second kappa shape index (κ2) is 7.02. The minimum atomic E-state index is -0.610. The predicted molar refractivity (Wildman–Crippen MR) is 85.0 cm³/mol. The van der Waals surface area contributed by atoms with Gasteiger partial charge in [-0.25, -0.2) is 0 Å². The van der Waals surface area contributed by atoms with Crippen LogP contribution >= 0.6 is 15.9 Å². The average Bonchev–Trinajstić information content (AvgIpc) is 2.47. The molecule has 2 aromatic rings. The summed E-state index contributed by atoms with van der Waals surface area (Å²) in [5.74, 6) is 0. The number of rotatable bonds is 5. The topological polar surface area (TPSA) is 29.5 Å². The molecule has 0 radical (unpaired) electrons. The van der Waals surface area contributed by atoms with Crippen molar-refractivity contribution in [3.05, 3.63) is 69.2 Å². The van der Waals surface area contributed by atoms with Gasteiger partial charge in [0.15, 0.2) is 0 Å². The average molecular weight is 335 g/mol. The predicted octanol–water partition coefficient (Wildman–Crippen LogP) is 4.03. The maximum Gasteiger partial charge on any atom is 0.105 e. The van der Waals surface area contributed by atoms with Gasteiger partial charge in [0.1, 0.15) is 6.10 Å². The highest BCUT2D eigenvalue weighted by Crippen LogP contribution is 2.29. The van der Waals surface area contributed by atoms with Crippen LogP contribution in [0.3, 0.4) is 0 Å². The van der Waals surface area contributed by atoms with Gasteiger partial charge in [0, 0.05) is 11.6 Å². The zero-order valence-electron chi connectivity index (χ0n) is 11.8. The Kier molecular flexibility index (Phi) is 5.35. The summed E-state index contributed by atoms with van der Waals surface area (Å²) in [6.45, 7) is 2.74. The number of aryl methyl sites for hydroxylation is 1. The zero-order chi connectivity index (χ0) is 14.5. The molecule has 3 heteroatoms. The molecule has 0 amide bonds. The first-order chi connectivity index (χ1) is 9.61. The first kappa shape index (κ1) is 15.2. The van der Waals surface area contributed by atoms with E-state index in [-0.39, 0.29) is 0 Å². The third-order valence-electron chi connectivity index (χ3n) is 3.34. The van der Waals surface area contributed by atoms with Crippen LogP contribution in [-0.4, -0.2) is 18.8 Å². The molecule has 0 saturated carbocycles. The fourth-order valence-corrected chi connectivity index (χ4v) is 2.60. The van der Waals surface area contributed by atoms with E-state index in [2.05, 4.69) is 15.9 Å². The van der Waals surface area contributed by atoms with Gasteiger partial charge in [-0.05, 0) is 36.1 Å². The summed E-state index contributed by atoms with van der Waals surface area (Å²) >= 11 is 3.50. The molecule has 1 atom stereocenters. The monoisotopic (exact) mass is 334 g/mol. The van der Waals surface area contributed by atoms with Crippen LogP contribution in [0.2, 0.25) is 0 Å². The number of aliphatic hydroxyl groups excluding tert-OH is 1. The van der Waals surface area contributed by atoms with Crippen molar-refractivity contribution in [2.75, 3.05) is 13.7 Å². The molecule has 0 spiro atoms. The first-order valence-corrected chi connectivity index (χ1v) is 7.43. The molecule has 0 saturated heterocycles. The Balaban J connectivity index is 2.20. The van der Waals surface area contributed by atoms with Gasteiger partial charge in [0.05, 0.1) is 6.61 Å². The Morgan fingerprint density at radius 1 is 1.15 bits per heavy atom. The summed E-state index contributed by atoms with van der Waals surface area (Å²) in [5, 5.41) is 10.5. The Morgan fingerprint density at radius 2 is 1.85 bits per heavy atom. The van der Waals surface area contributed by atoms with Crippen LogP contribution in [0.5, 0.6) is 0 Å². The van der Waals surface area contributed by atoms with E-state index in [0.717, 1.165) is 27.6 Å². The van der Waals surface area contributed by atoms with Crippen LogP contribution in [0.4, 0.5) is 0 Å². The van der Waals surface area contributed by atoms with Crippen molar-refractivity contribution in [2.45, 2.75) is 19.4 Å². The lowest BCUT2D eigenvalue weighted by atomic mass is 9.98. The molecule has 0 aliphatic rings. The smallest absolute Gasteiger partial charge is 0.105 e. The number of hydrogen-bond donors (Lipinski definition) is 1. The Bertz CT molecular complexity index is 564. The molecule has 0 aliphatic heterocycles. The van der Waals surface area contributed by atoms with Crippen LogP contribution in [-0.2, 0) is 11.2 Å². The van der Waals surface area contributed by atoms with Gasteiger partial charge < -0.3 is 9.84 Å². The molecule has 0 heterocycles. The maximum atomic E-state index is 10.5. The van der Waals surface area contributed by atoms with Crippen molar-refractivity contribution in [1.82, 2.24) is 0 Å². The lowest BCUT2D eigenvalue weighted by molar-refractivity contribution is 0.202. The van der Waals surface area contributed by atoms with Gasteiger partial charge in [-0.1, -0.05) is 57.9 Å².